The van der Waals surface area contributed by atoms with E-state index in [1.165, 1.54) is 16.8 Å². The van der Waals surface area contributed by atoms with Gasteiger partial charge in [0.2, 0.25) is 5.17 Å². The predicted octanol–water partition coefficient (Wildman–Crippen LogP) is 7.17. The van der Waals surface area contributed by atoms with Crippen molar-refractivity contribution in [2.75, 3.05) is 13.2 Å². The summed E-state index contributed by atoms with van der Waals surface area (Å²) in [6.45, 7) is 2.74. The summed E-state index contributed by atoms with van der Waals surface area (Å²) < 4.78 is 17.8. The van der Waals surface area contributed by atoms with Crippen molar-refractivity contribution >= 4 is 62.2 Å². The van der Waals surface area contributed by atoms with Crippen LogP contribution in [-0.2, 0) is 11.4 Å². The lowest BCUT2D eigenvalue weighted by molar-refractivity contribution is -0.114. The summed E-state index contributed by atoms with van der Waals surface area (Å²) in [5.41, 5.74) is 1.66. The lowest BCUT2D eigenvalue weighted by atomic mass is 10.1. The first kappa shape index (κ1) is 27.6. The molecule has 0 saturated heterocycles. The molecule has 0 aliphatic carbocycles. The number of halogens is 1. The summed E-state index contributed by atoms with van der Waals surface area (Å²) in [4.78, 5) is 17.1. The molecule has 2 aliphatic rings. The molecule has 4 aromatic carbocycles. The zero-order valence-corrected chi connectivity index (χ0v) is 24.1. The number of thioether (sulfide) groups is 1. The van der Waals surface area contributed by atoms with E-state index >= 15 is 0 Å². The largest absolute Gasteiger partial charge is 0.490 e. The first-order valence-corrected chi connectivity index (χ1v) is 14.4. The van der Waals surface area contributed by atoms with Gasteiger partial charge in [-0.15, -0.1) is 0 Å². The van der Waals surface area contributed by atoms with Gasteiger partial charge in [-0.2, -0.15) is 15.1 Å². The molecule has 6 rings (SSSR count). The summed E-state index contributed by atoms with van der Waals surface area (Å²) in [6.07, 6.45) is 1.56. The van der Waals surface area contributed by atoms with E-state index in [-0.39, 0.29) is 18.0 Å². The number of amides is 1. The van der Waals surface area contributed by atoms with Crippen LogP contribution in [0.25, 0.3) is 16.8 Å². The van der Waals surface area contributed by atoms with Crippen LogP contribution in [0.2, 0.25) is 5.02 Å². The number of hydrazone groups is 1. The minimum atomic E-state index is -0.537. The molecule has 210 valence electrons. The highest BCUT2D eigenvalue weighted by Crippen LogP contribution is 2.39. The number of rotatable bonds is 9. The maximum atomic E-state index is 13.0. The van der Waals surface area contributed by atoms with Gasteiger partial charge in [0, 0.05) is 0 Å². The molecule has 0 bridgehead atoms. The van der Waals surface area contributed by atoms with Crippen molar-refractivity contribution in [3.63, 3.8) is 0 Å². The molecular formula is C32H25ClN4O4S. The number of hydrogen-bond acceptors (Lipinski definition) is 7. The van der Waals surface area contributed by atoms with Crippen LogP contribution in [0, 0.1) is 5.41 Å². The van der Waals surface area contributed by atoms with Gasteiger partial charge in [0.15, 0.2) is 17.3 Å². The minimum absolute atomic E-state index is 0.0799. The number of ether oxygens (including phenoxy) is 3. The molecular weight excluding hydrogens is 572 g/mol. The Morgan fingerprint density at radius 2 is 1.74 bits per heavy atom. The summed E-state index contributed by atoms with van der Waals surface area (Å²) in [5, 5.41) is 18.0. The Morgan fingerprint density at radius 1 is 0.952 bits per heavy atom. The van der Waals surface area contributed by atoms with Gasteiger partial charge in [0.25, 0.3) is 5.91 Å². The van der Waals surface area contributed by atoms with Crippen LogP contribution in [0.15, 0.2) is 101 Å². The monoisotopic (exact) mass is 596 g/mol. The van der Waals surface area contributed by atoms with Gasteiger partial charge in [-0.25, -0.2) is 0 Å². The molecule has 42 heavy (non-hydrogen) atoms. The number of nitrogens with one attached hydrogen (secondary N) is 1. The normalized spacial score (nSPS) is 15.5. The Bertz CT molecular complexity index is 1780. The van der Waals surface area contributed by atoms with Crippen molar-refractivity contribution in [3.05, 3.63) is 107 Å². The number of carbonyl (C=O) groups is 1. The van der Waals surface area contributed by atoms with Gasteiger partial charge in [0.1, 0.15) is 24.0 Å². The lowest BCUT2D eigenvalue weighted by Crippen LogP contribution is -2.35. The van der Waals surface area contributed by atoms with E-state index in [4.69, 9.17) is 31.2 Å². The fourth-order valence-corrected chi connectivity index (χ4v) is 5.63. The summed E-state index contributed by atoms with van der Waals surface area (Å²) >= 11 is 7.89. The van der Waals surface area contributed by atoms with Gasteiger partial charge in [0.05, 0.1) is 17.2 Å². The van der Waals surface area contributed by atoms with Gasteiger partial charge < -0.3 is 14.2 Å². The number of nitrogens with zero attached hydrogens (tertiary/aromatic N) is 3. The molecule has 4 aromatic rings. The number of aliphatic imine (C=N–C) groups is 1. The Hall–Kier alpha value is -4.60. The quantitative estimate of drug-likeness (QED) is 0.206. The number of fused-ring (bicyclic) bond motifs is 2. The molecule has 0 atom stereocenters. The first-order chi connectivity index (χ1) is 20.5. The van der Waals surface area contributed by atoms with Gasteiger partial charge >= 0.3 is 0 Å². The maximum absolute atomic E-state index is 13.0. The highest BCUT2D eigenvalue weighted by atomic mass is 35.5. The highest BCUT2D eigenvalue weighted by Gasteiger charge is 2.36. The molecule has 2 heterocycles. The minimum Gasteiger partial charge on any atom is -0.490 e. The molecule has 0 unspecified atom stereocenters. The Balaban J connectivity index is 1.23. The van der Waals surface area contributed by atoms with Crippen LogP contribution in [0.1, 0.15) is 18.1 Å². The summed E-state index contributed by atoms with van der Waals surface area (Å²) in [5.74, 6) is 0.918. The van der Waals surface area contributed by atoms with E-state index in [9.17, 15) is 4.79 Å². The molecule has 10 heteroatoms. The standard InChI is InChI=1S/C32H25ClN4O4S/c1-2-39-27-17-20(16-26(33)29(27)41-18-22-11-8-10-21-9-6-7-14-24(21)22)15-25-30(34)37-32(35-31(25)38)42-28(36-37)19-40-23-12-4-3-5-13-23/h3-17,34H,2,18-19H2,1H3/b25-15-,34-30?. The highest BCUT2D eigenvalue weighted by molar-refractivity contribution is 8.27. The van der Waals surface area contributed by atoms with E-state index in [2.05, 4.69) is 28.3 Å². The van der Waals surface area contributed by atoms with E-state index in [0.29, 0.717) is 51.3 Å². The number of benzene rings is 4. The van der Waals surface area contributed by atoms with Crippen molar-refractivity contribution in [3.8, 4) is 17.2 Å². The third-order valence-electron chi connectivity index (χ3n) is 6.50. The fourth-order valence-electron chi connectivity index (χ4n) is 4.56. The average molecular weight is 597 g/mol. The van der Waals surface area contributed by atoms with E-state index in [0.717, 1.165) is 16.3 Å². The fraction of sp³-hybridized carbons (Fsp3) is 0.125. The van der Waals surface area contributed by atoms with Crippen molar-refractivity contribution in [1.29, 1.82) is 5.41 Å². The third kappa shape index (κ3) is 5.74. The lowest BCUT2D eigenvalue weighted by Gasteiger charge is -2.20. The average Bonchev–Trinajstić information content (AvgIpc) is 3.41. The van der Waals surface area contributed by atoms with Crippen LogP contribution in [0.3, 0.4) is 0 Å². The topological polar surface area (TPSA) is 96.6 Å². The number of amidine groups is 2. The van der Waals surface area contributed by atoms with Crippen LogP contribution in [0.4, 0.5) is 0 Å². The van der Waals surface area contributed by atoms with Gasteiger partial charge in [-0.05, 0) is 70.9 Å². The zero-order chi connectivity index (χ0) is 29.1. The SMILES string of the molecule is CCOc1cc(/C=C2/C(=N)N3N=C(COc4ccccc4)SC3=NC2=O)cc(Cl)c1OCc1cccc2ccccc12. The van der Waals surface area contributed by atoms with Crippen molar-refractivity contribution in [2.24, 2.45) is 10.1 Å². The maximum Gasteiger partial charge on any atom is 0.283 e. The van der Waals surface area contributed by atoms with Crippen molar-refractivity contribution in [1.82, 2.24) is 5.01 Å². The Morgan fingerprint density at radius 3 is 2.57 bits per heavy atom. The van der Waals surface area contributed by atoms with Crippen LogP contribution >= 0.6 is 23.4 Å². The van der Waals surface area contributed by atoms with Crippen LogP contribution in [0.5, 0.6) is 17.2 Å². The molecule has 0 radical (unpaired) electrons. The van der Waals surface area contributed by atoms with Gasteiger partial charge in [-0.1, -0.05) is 72.3 Å². The Labute approximate surface area is 251 Å². The zero-order valence-electron chi connectivity index (χ0n) is 22.5. The number of carbonyl (C=O) groups excluding carboxylic acids is 1. The molecule has 2 aliphatic heterocycles. The molecule has 1 N–H and O–H groups in total. The number of hydrogen-bond donors (Lipinski definition) is 1. The molecule has 0 saturated carbocycles. The summed E-state index contributed by atoms with van der Waals surface area (Å²) in [7, 11) is 0. The molecule has 0 aromatic heterocycles. The van der Waals surface area contributed by atoms with Gasteiger partial charge in [-0.3, -0.25) is 10.2 Å². The smallest absolute Gasteiger partial charge is 0.283 e. The third-order valence-corrected chi connectivity index (χ3v) is 7.66. The van der Waals surface area contributed by atoms with E-state index < -0.39 is 5.91 Å². The van der Waals surface area contributed by atoms with Crippen LogP contribution in [-0.4, -0.2) is 40.2 Å². The number of para-hydroxylation sites is 1. The second kappa shape index (κ2) is 12.1. The second-order valence-corrected chi connectivity index (χ2v) is 10.8. The van der Waals surface area contributed by atoms with Crippen molar-refractivity contribution < 1.29 is 19.0 Å². The molecule has 1 amide bonds. The second-order valence-electron chi connectivity index (χ2n) is 9.31. The molecule has 8 nitrogen and oxygen atoms in total. The van der Waals surface area contributed by atoms with Crippen LogP contribution < -0.4 is 14.2 Å². The molecule has 0 fully saturated rings. The van der Waals surface area contributed by atoms with E-state index in [1.54, 1.807) is 18.2 Å². The van der Waals surface area contributed by atoms with E-state index in [1.807, 2.05) is 61.5 Å². The molecule has 0 spiro atoms. The van der Waals surface area contributed by atoms with Crippen molar-refractivity contribution in [2.45, 2.75) is 13.5 Å². The predicted molar refractivity (Wildman–Crippen MR) is 168 cm³/mol. The first-order valence-electron chi connectivity index (χ1n) is 13.2. The Kier molecular flexibility index (Phi) is 7.94. The summed E-state index contributed by atoms with van der Waals surface area (Å²) in [6, 6.07) is 27.0.